The van der Waals surface area contributed by atoms with Crippen LogP contribution < -0.4 is 10.6 Å². The Hall–Kier alpha value is -1.18. The van der Waals surface area contributed by atoms with Gasteiger partial charge >= 0.3 is 0 Å². The molecule has 1 heterocycles. The van der Waals surface area contributed by atoms with Crippen molar-refractivity contribution in [3.8, 4) is 0 Å². The number of morpholine rings is 1. The smallest absolute Gasteiger partial charge is 0.285 e. The first-order chi connectivity index (χ1) is 9.56. The fourth-order valence-corrected chi connectivity index (χ4v) is 2.68. The van der Waals surface area contributed by atoms with Gasteiger partial charge in [-0.2, -0.15) is 0 Å². The zero-order chi connectivity index (χ0) is 14.5. The number of benzene rings is 1. The van der Waals surface area contributed by atoms with Crippen molar-refractivity contribution in [1.29, 1.82) is 0 Å². The first kappa shape index (κ1) is 15.2. The predicted octanol–water partition coefficient (Wildman–Crippen LogP) is 2.54. The fraction of sp³-hybridized carbons (Fsp3) is 0.538. The van der Waals surface area contributed by atoms with E-state index in [1.54, 1.807) is 12.1 Å². The Labute approximate surface area is 126 Å². The van der Waals surface area contributed by atoms with Crippen LogP contribution in [0.25, 0.3) is 0 Å². The average molecular weight is 344 g/mol. The van der Waals surface area contributed by atoms with E-state index in [1.165, 1.54) is 0 Å². The van der Waals surface area contributed by atoms with Gasteiger partial charge in [-0.05, 0) is 41.4 Å². The molecule has 2 rings (SSSR count). The third kappa shape index (κ3) is 4.16. The van der Waals surface area contributed by atoms with Crippen molar-refractivity contribution in [1.82, 2.24) is 5.32 Å². The van der Waals surface area contributed by atoms with Crippen molar-refractivity contribution in [2.24, 2.45) is 0 Å². The molecule has 0 amide bonds. The van der Waals surface area contributed by atoms with E-state index < -0.39 is 4.92 Å². The lowest BCUT2D eigenvalue weighted by Crippen LogP contribution is -2.43. The molecular weight excluding hydrogens is 326 g/mol. The van der Waals surface area contributed by atoms with Gasteiger partial charge in [0.2, 0.25) is 0 Å². The van der Waals surface area contributed by atoms with E-state index in [-0.39, 0.29) is 11.7 Å². The summed E-state index contributed by atoms with van der Waals surface area (Å²) < 4.78 is 5.90. The van der Waals surface area contributed by atoms with Crippen molar-refractivity contribution in [3.63, 3.8) is 0 Å². The van der Waals surface area contributed by atoms with Crippen LogP contribution in [0.1, 0.15) is 13.3 Å². The highest BCUT2D eigenvalue weighted by Gasteiger charge is 2.17. The van der Waals surface area contributed by atoms with Crippen LogP contribution in [0.5, 0.6) is 0 Å². The molecule has 0 aromatic heterocycles. The van der Waals surface area contributed by atoms with Crippen LogP contribution in [0.4, 0.5) is 11.4 Å². The first-order valence-corrected chi connectivity index (χ1v) is 7.37. The number of halogens is 1. The standard InChI is InChI=1S/C13H18BrN3O3/c1-9(6-11-8-20-5-4-15-11)16-10-2-3-12(14)13(7-10)17(18)19/h2-3,7,9,11,15-16H,4-6,8H2,1H3. The zero-order valence-electron chi connectivity index (χ0n) is 11.3. The van der Waals surface area contributed by atoms with Gasteiger partial charge in [-0.25, -0.2) is 0 Å². The predicted molar refractivity (Wildman–Crippen MR) is 81.1 cm³/mol. The average Bonchev–Trinajstić information content (AvgIpc) is 2.41. The largest absolute Gasteiger partial charge is 0.382 e. The molecule has 1 aromatic rings. The molecule has 0 saturated carbocycles. The number of nitrogens with one attached hydrogen (secondary N) is 2. The van der Waals surface area contributed by atoms with Gasteiger partial charge in [-0.15, -0.1) is 0 Å². The normalized spacial score (nSPS) is 20.4. The SMILES string of the molecule is CC(CC1COCCN1)Nc1ccc(Br)c([N+](=O)[O-])c1. The Morgan fingerprint density at radius 2 is 2.45 bits per heavy atom. The van der Waals surface area contributed by atoms with Crippen molar-refractivity contribution in [3.05, 3.63) is 32.8 Å². The second-order valence-electron chi connectivity index (χ2n) is 4.93. The van der Waals surface area contributed by atoms with Crippen molar-refractivity contribution in [2.75, 3.05) is 25.1 Å². The van der Waals surface area contributed by atoms with Crippen LogP contribution in [-0.2, 0) is 4.74 Å². The maximum Gasteiger partial charge on any atom is 0.285 e. The van der Waals surface area contributed by atoms with Crippen molar-refractivity contribution >= 4 is 27.3 Å². The van der Waals surface area contributed by atoms with E-state index in [9.17, 15) is 10.1 Å². The summed E-state index contributed by atoms with van der Waals surface area (Å²) in [6.45, 7) is 4.41. The van der Waals surface area contributed by atoms with Gasteiger partial charge in [0, 0.05) is 30.4 Å². The molecule has 2 atom stereocenters. The number of nitro groups is 1. The van der Waals surface area contributed by atoms with Crippen LogP contribution in [-0.4, -0.2) is 36.8 Å². The van der Waals surface area contributed by atoms with E-state index in [2.05, 4.69) is 33.5 Å². The van der Waals surface area contributed by atoms with E-state index in [1.807, 2.05) is 6.07 Å². The number of anilines is 1. The minimum absolute atomic E-state index is 0.0707. The summed E-state index contributed by atoms with van der Waals surface area (Å²) in [7, 11) is 0. The quantitative estimate of drug-likeness (QED) is 0.634. The molecule has 1 fully saturated rings. The highest BCUT2D eigenvalue weighted by molar-refractivity contribution is 9.10. The van der Waals surface area contributed by atoms with Gasteiger partial charge in [-0.3, -0.25) is 10.1 Å². The van der Waals surface area contributed by atoms with E-state index in [0.29, 0.717) is 17.1 Å². The molecule has 1 aromatic carbocycles. The Bertz CT molecular complexity index is 478. The summed E-state index contributed by atoms with van der Waals surface area (Å²) in [6, 6.07) is 5.60. The maximum atomic E-state index is 10.9. The van der Waals surface area contributed by atoms with Crippen LogP contribution in [0.15, 0.2) is 22.7 Å². The lowest BCUT2D eigenvalue weighted by molar-refractivity contribution is -0.385. The topological polar surface area (TPSA) is 76.4 Å². The third-order valence-electron chi connectivity index (χ3n) is 3.19. The van der Waals surface area contributed by atoms with Gasteiger partial charge in [0.1, 0.15) is 0 Å². The Morgan fingerprint density at radius 3 is 3.10 bits per heavy atom. The second kappa shape index (κ2) is 7.01. The fourth-order valence-electron chi connectivity index (χ4n) is 2.28. The van der Waals surface area contributed by atoms with E-state index in [4.69, 9.17) is 4.74 Å². The minimum Gasteiger partial charge on any atom is -0.382 e. The molecule has 0 radical (unpaired) electrons. The molecule has 7 heteroatoms. The molecule has 1 aliphatic rings. The summed E-state index contributed by atoms with van der Waals surface area (Å²) in [5, 5.41) is 17.6. The summed E-state index contributed by atoms with van der Waals surface area (Å²) in [5.74, 6) is 0. The monoisotopic (exact) mass is 343 g/mol. The highest BCUT2D eigenvalue weighted by Crippen LogP contribution is 2.28. The molecule has 2 unspecified atom stereocenters. The summed E-state index contributed by atoms with van der Waals surface area (Å²) in [6.07, 6.45) is 0.907. The number of rotatable bonds is 5. The molecule has 0 bridgehead atoms. The molecule has 110 valence electrons. The maximum absolute atomic E-state index is 10.9. The Balaban J connectivity index is 1.95. The highest BCUT2D eigenvalue weighted by atomic mass is 79.9. The molecule has 20 heavy (non-hydrogen) atoms. The first-order valence-electron chi connectivity index (χ1n) is 6.58. The summed E-state index contributed by atoms with van der Waals surface area (Å²) >= 11 is 3.18. The van der Waals surface area contributed by atoms with E-state index >= 15 is 0 Å². The number of nitrogens with zero attached hydrogens (tertiary/aromatic N) is 1. The van der Waals surface area contributed by atoms with Crippen LogP contribution in [0.3, 0.4) is 0 Å². The number of ether oxygens (including phenoxy) is 1. The van der Waals surface area contributed by atoms with Gasteiger partial charge in [0.15, 0.2) is 0 Å². The molecule has 1 aliphatic heterocycles. The van der Waals surface area contributed by atoms with Crippen LogP contribution in [0.2, 0.25) is 0 Å². The summed E-state index contributed by atoms with van der Waals surface area (Å²) in [5.41, 5.74) is 0.824. The number of nitro benzene ring substituents is 1. The molecule has 1 saturated heterocycles. The Morgan fingerprint density at radius 1 is 1.65 bits per heavy atom. The molecule has 2 N–H and O–H groups in total. The second-order valence-corrected chi connectivity index (χ2v) is 5.78. The minimum atomic E-state index is -0.392. The summed E-state index contributed by atoms with van der Waals surface area (Å²) in [4.78, 5) is 10.5. The van der Waals surface area contributed by atoms with Gasteiger partial charge in [-0.1, -0.05) is 0 Å². The number of hydrogen-bond donors (Lipinski definition) is 2. The van der Waals surface area contributed by atoms with Crippen LogP contribution >= 0.6 is 15.9 Å². The van der Waals surface area contributed by atoms with Crippen molar-refractivity contribution < 1.29 is 9.66 Å². The lowest BCUT2D eigenvalue weighted by atomic mass is 10.1. The van der Waals surface area contributed by atoms with Crippen molar-refractivity contribution in [2.45, 2.75) is 25.4 Å². The Kier molecular flexibility index (Phi) is 5.33. The van der Waals surface area contributed by atoms with Gasteiger partial charge < -0.3 is 15.4 Å². The third-order valence-corrected chi connectivity index (χ3v) is 3.86. The molecule has 0 aliphatic carbocycles. The van der Waals surface area contributed by atoms with Gasteiger partial charge in [0.25, 0.3) is 5.69 Å². The van der Waals surface area contributed by atoms with Gasteiger partial charge in [0.05, 0.1) is 22.6 Å². The molecule has 0 spiro atoms. The number of hydrogen-bond acceptors (Lipinski definition) is 5. The molecular formula is C13H18BrN3O3. The lowest BCUT2D eigenvalue weighted by Gasteiger charge is -2.27. The van der Waals surface area contributed by atoms with E-state index in [0.717, 1.165) is 25.3 Å². The molecule has 6 nitrogen and oxygen atoms in total. The van der Waals surface area contributed by atoms with Crippen LogP contribution in [0, 0.1) is 10.1 Å². The zero-order valence-corrected chi connectivity index (χ0v) is 12.9.